The van der Waals surface area contributed by atoms with Crippen LogP contribution in [-0.4, -0.2) is 22.5 Å². The van der Waals surface area contributed by atoms with Crippen molar-refractivity contribution < 1.29 is 9.53 Å². The third-order valence-electron chi connectivity index (χ3n) is 2.95. The van der Waals surface area contributed by atoms with Gasteiger partial charge in [-0.15, -0.1) is 11.3 Å². The van der Waals surface area contributed by atoms with E-state index in [-0.39, 0.29) is 6.04 Å². The smallest absolute Gasteiger partial charge is 0.340 e. The number of hydrogen-bond acceptors (Lipinski definition) is 7. The standard InChI is InChI=1S/C14H18N4O2S/c1-3-10(13-17-7-8-21-13)18-12-11(15)9(5-6-16-12)14(19)20-4-2/h5-8,10H,3-4,15H2,1-2H3,(H,16,18). The Morgan fingerprint density at radius 3 is 2.86 bits per heavy atom. The van der Waals surface area contributed by atoms with Crippen LogP contribution in [0.1, 0.15) is 41.7 Å². The molecule has 0 aliphatic rings. The monoisotopic (exact) mass is 306 g/mol. The van der Waals surface area contributed by atoms with Crippen molar-refractivity contribution in [1.82, 2.24) is 9.97 Å². The van der Waals surface area contributed by atoms with Gasteiger partial charge in [-0.2, -0.15) is 0 Å². The van der Waals surface area contributed by atoms with Crippen molar-refractivity contribution in [3.05, 3.63) is 34.4 Å². The van der Waals surface area contributed by atoms with Gasteiger partial charge in [-0.1, -0.05) is 6.92 Å². The van der Waals surface area contributed by atoms with Crippen LogP contribution in [-0.2, 0) is 4.74 Å². The average molecular weight is 306 g/mol. The number of esters is 1. The minimum absolute atomic E-state index is 0.0113. The largest absolute Gasteiger partial charge is 0.462 e. The van der Waals surface area contributed by atoms with Crippen LogP contribution in [0, 0.1) is 0 Å². The van der Waals surface area contributed by atoms with Gasteiger partial charge in [0, 0.05) is 17.8 Å². The zero-order valence-electron chi connectivity index (χ0n) is 12.0. The van der Waals surface area contributed by atoms with Gasteiger partial charge in [-0.3, -0.25) is 0 Å². The van der Waals surface area contributed by atoms with Crippen LogP contribution >= 0.6 is 11.3 Å². The summed E-state index contributed by atoms with van der Waals surface area (Å²) in [5.41, 5.74) is 6.65. The molecule has 0 spiro atoms. The molecule has 6 nitrogen and oxygen atoms in total. The number of nitrogens with two attached hydrogens (primary N) is 1. The number of thiazole rings is 1. The Labute approximate surface area is 127 Å². The third kappa shape index (κ3) is 3.49. The van der Waals surface area contributed by atoms with Crippen LogP contribution in [0.15, 0.2) is 23.8 Å². The molecule has 0 aromatic carbocycles. The summed E-state index contributed by atoms with van der Waals surface area (Å²) in [6.07, 6.45) is 4.13. The maximum Gasteiger partial charge on any atom is 0.340 e. The van der Waals surface area contributed by atoms with Gasteiger partial charge >= 0.3 is 5.97 Å². The van der Waals surface area contributed by atoms with Gasteiger partial charge in [0.25, 0.3) is 0 Å². The summed E-state index contributed by atoms with van der Waals surface area (Å²) in [5.74, 6) is 0.0327. The molecule has 0 saturated heterocycles. The molecule has 7 heteroatoms. The van der Waals surface area contributed by atoms with Crippen LogP contribution in [0.4, 0.5) is 11.5 Å². The summed E-state index contributed by atoms with van der Waals surface area (Å²) in [5, 5.41) is 6.12. The minimum Gasteiger partial charge on any atom is -0.462 e. The summed E-state index contributed by atoms with van der Waals surface area (Å²) in [6, 6.07) is 1.57. The van der Waals surface area contributed by atoms with Gasteiger partial charge in [0.05, 0.1) is 23.9 Å². The molecule has 2 aromatic rings. The fourth-order valence-electron chi connectivity index (χ4n) is 1.89. The molecule has 0 saturated carbocycles. The van der Waals surface area contributed by atoms with E-state index < -0.39 is 5.97 Å². The fourth-order valence-corrected chi connectivity index (χ4v) is 2.66. The molecule has 2 aromatic heterocycles. The Morgan fingerprint density at radius 2 is 2.24 bits per heavy atom. The van der Waals surface area contributed by atoms with Crippen molar-refractivity contribution in [3.8, 4) is 0 Å². The van der Waals surface area contributed by atoms with Crippen molar-refractivity contribution in [3.63, 3.8) is 0 Å². The quantitative estimate of drug-likeness (QED) is 0.798. The summed E-state index contributed by atoms with van der Waals surface area (Å²) < 4.78 is 4.98. The molecule has 3 N–H and O–H groups in total. The summed E-state index contributed by atoms with van der Waals surface area (Å²) >= 11 is 1.57. The molecular formula is C14H18N4O2S. The Bertz CT molecular complexity index is 601. The maximum atomic E-state index is 11.8. The normalized spacial score (nSPS) is 11.9. The number of nitrogens with one attached hydrogen (secondary N) is 1. The number of aromatic nitrogens is 2. The van der Waals surface area contributed by atoms with Crippen LogP contribution in [0.25, 0.3) is 0 Å². The van der Waals surface area contributed by atoms with E-state index in [9.17, 15) is 4.79 Å². The SMILES string of the molecule is CCOC(=O)c1ccnc(NC(CC)c2nccs2)c1N. The van der Waals surface area contributed by atoms with E-state index in [4.69, 9.17) is 10.5 Å². The van der Waals surface area contributed by atoms with E-state index in [2.05, 4.69) is 15.3 Å². The molecule has 21 heavy (non-hydrogen) atoms. The van der Waals surface area contributed by atoms with Crippen molar-refractivity contribution >= 4 is 28.8 Å². The Kier molecular flexibility index (Phi) is 5.10. The molecule has 112 valence electrons. The number of pyridine rings is 1. The van der Waals surface area contributed by atoms with Crippen molar-refractivity contribution in [2.45, 2.75) is 26.3 Å². The van der Waals surface area contributed by atoms with E-state index in [0.29, 0.717) is 23.7 Å². The van der Waals surface area contributed by atoms with Crippen molar-refractivity contribution in [2.24, 2.45) is 0 Å². The van der Waals surface area contributed by atoms with E-state index in [1.54, 1.807) is 36.7 Å². The first-order valence-electron chi connectivity index (χ1n) is 6.74. The second-order valence-electron chi connectivity index (χ2n) is 4.32. The molecule has 0 amide bonds. The van der Waals surface area contributed by atoms with Crippen molar-refractivity contribution in [2.75, 3.05) is 17.7 Å². The Balaban J connectivity index is 2.24. The van der Waals surface area contributed by atoms with E-state index >= 15 is 0 Å². The van der Waals surface area contributed by atoms with Gasteiger partial charge < -0.3 is 15.8 Å². The molecule has 0 bridgehead atoms. The molecule has 0 radical (unpaired) electrons. The topological polar surface area (TPSA) is 90.1 Å². The van der Waals surface area contributed by atoms with E-state index in [0.717, 1.165) is 11.4 Å². The lowest BCUT2D eigenvalue weighted by Crippen LogP contribution is -2.15. The highest BCUT2D eigenvalue weighted by Gasteiger charge is 2.18. The zero-order valence-corrected chi connectivity index (χ0v) is 12.8. The average Bonchev–Trinajstić information content (AvgIpc) is 3.00. The van der Waals surface area contributed by atoms with Gasteiger partial charge in [-0.25, -0.2) is 14.8 Å². The van der Waals surface area contributed by atoms with Gasteiger partial charge in [-0.05, 0) is 19.4 Å². The summed E-state index contributed by atoms with van der Waals surface area (Å²) in [4.78, 5) is 20.3. The molecule has 1 atom stereocenters. The van der Waals surface area contributed by atoms with Crippen LogP contribution in [0.2, 0.25) is 0 Å². The third-order valence-corrected chi connectivity index (χ3v) is 3.84. The molecule has 0 fully saturated rings. The van der Waals surface area contributed by atoms with Crippen LogP contribution in [0.5, 0.6) is 0 Å². The molecule has 0 aliphatic heterocycles. The molecule has 2 rings (SSSR count). The summed E-state index contributed by atoms with van der Waals surface area (Å²) in [7, 11) is 0. The highest BCUT2D eigenvalue weighted by atomic mass is 32.1. The number of rotatable bonds is 6. The Morgan fingerprint density at radius 1 is 1.43 bits per heavy atom. The second kappa shape index (κ2) is 7.03. The highest BCUT2D eigenvalue weighted by Crippen LogP contribution is 2.28. The predicted octanol–water partition coefficient (Wildman–Crippen LogP) is 2.86. The van der Waals surface area contributed by atoms with Gasteiger partial charge in [0.1, 0.15) is 5.01 Å². The van der Waals surface area contributed by atoms with Gasteiger partial charge in [0.2, 0.25) is 0 Å². The fraction of sp³-hybridized carbons (Fsp3) is 0.357. The number of carbonyl (C=O) groups excluding carboxylic acids is 1. The molecule has 1 unspecified atom stereocenters. The number of ether oxygens (including phenoxy) is 1. The van der Waals surface area contributed by atoms with E-state index in [1.807, 2.05) is 12.3 Å². The first-order valence-corrected chi connectivity index (χ1v) is 7.62. The lowest BCUT2D eigenvalue weighted by molar-refractivity contribution is 0.0527. The highest BCUT2D eigenvalue weighted by molar-refractivity contribution is 7.09. The second-order valence-corrected chi connectivity index (χ2v) is 5.24. The minimum atomic E-state index is -0.442. The lowest BCUT2D eigenvalue weighted by Gasteiger charge is -2.17. The number of hydrogen-bond donors (Lipinski definition) is 2. The van der Waals surface area contributed by atoms with Crippen molar-refractivity contribution in [1.29, 1.82) is 0 Å². The van der Waals surface area contributed by atoms with Crippen LogP contribution < -0.4 is 11.1 Å². The summed E-state index contributed by atoms with van der Waals surface area (Å²) in [6.45, 7) is 4.11. The first-order chi connectivity index (χ1) is 10.2. The molecule has 2 heterocycles. The lowest BCUT2D eigenvalue weighted by atomic mass is 10.2. The number of anilines is 2. The molecule has 0 aliphatic carbocycles. The van der Waals surface area contributed by atoms with Crippen LogP contribution in [0.3, 0.4) is 0 Å². The predicted molar refractivity (Wildman–Crippen MR) is 83.4 cm³/mol. The van der Waals surface area contributed by atoms with E-state index in [1.165, 1.54) is 0 Å². The number of nitrogen functional groups attached to an aromatic ring is 1. The molecular weight excluding hydrogens is 288 g/mol. The van der Waals surface area contributed by atoms with Gasteiger partial charge in [0.15, 0.2) is 5.82 Å². The maximum absolute atomic E-state index is 11.8. The number of nitrogens with zero attached hydrogens (tertiary/aromatic N) is 2. The zero-order chi connectivity index (χ0) is 15.2. The number of carbonyl (C=O) groups is 1. The first kappa shape index (κ1) is 15.2. The Hall–Kier alpha value is -2.15.